The summed E-state index contributed by atoms with van der Waals surface area (Å²) in [7, 11) is 0. The average molecular weight is 370 g/mol. The van der Waals surface area contributed by atoms with Crippen LogP contribution in [0.4, 0.5) is 4.79 Å². The van der Waals surface area contributed by atoms with Gasteiger partial charge in [0.1, 0.15) is 6.61 Å². The number of benzene rings is 2. The smallest absolute Gasteiger partial charge is 0.314 e. The van der Waals surface area contributed by atoms with Crippen LogP contribution >= 0.6 is 0 Å². The van der Waals surface area contributed by atoms with Crippen molar-refractivity contribution in [3.63, 3.8) is 0 Å². The first-order valence-electron chi connectivity index (χ1n) is 9.29. The summed E-state index contributed by atoms with van der Waals surface area (Å²) in [5, 5.41) is 5.64. The van der Waals surface area contributed by atoms with Crippen molar-refractivity contribution in [2.75, 3.05) is 26.3 Å². The number of hydrogen-bond acceptors (Lipinski definition) is 4. The largest absolute Gasteiger partial charge is 0.486 e. The molecule has 0 aliphatic carbocycles. The summed E-state index contributed by atoms with van der Waals surface area (Å²) in [4.78, 5) is 11.9. The van der Waals surface area contributed by atoms with Gasteiger partial charge in [-0.25, -0.2) is 4.79 Å². The number of para-hydroxylation sites is 2. The lowest BCUT2D eigenvalue weighted by Crippen LogP contribution is -2.44. The minimum Gasteiger partial charge on any atom is -0.486 e. The molecule has 1 aliphatic heterocycles. The van der Waals surface area contributed by atoms with Gasteiger partial charge in [0.15, 0.2) is 17.6 Å². The van der Waals surface area contributed by atoms with Crippen molar-refractivity contribution >= 4 is 6.03 Å². The average Bonchev–Trinajstić information content (AvgIpc) is 2.72. The van der Waals surface area contributed by atoms with Crippen molar-refractivity contribution in [1.29, 1.82) is 0 Å². The van der Waals surface area contributed by atoms with Gasteiger partial charge in [0.2, 0.25) is 0 Å². The molecular formula is C21H26N2O4. The minimum absolute atomic E-state index is 0.0476. The van der Waals surface area contributed by atoms with Gasteiger partial charge in [-0.15, -0.1) is 0 Å². The number of urea groups is 1. The van der Waals surface area contributed by atoms with Crippen molar-refractivity contribution in [2.45, 2.75) is 25.6 Å². The highest BCUT2D eigenvalue weighted by atomic mass is 16.6. The topological polar surface area (TPSA) is 68.8 Å². The summed E-state index contributed by atoms with van der Waals surface area (Å²) in [6.07, 6.45) is 0.605. The standard InChI is InChI=1S/C21H26N2O4/c1-16(17-8-3-2-4-9-17)25-13-7-12-22-21(24)23-14-18-15-26-19-10-5-6-11-20(19)27-18/h2-6,8-11,16,18H,7,12-15H2,1H3,(H2,22,23,24). The Hall–Kier alpha value is -2.73. The van der Waals surface area contributed by atoms with Gasteiger partial charge in [-0.2, -0.15) is 0 Å². The molecule has 6 nitrogen and oxygen atoms in total. The van der Waals surface area contributed by atoms with Gasteiger partial charge < -0.3 is 24.8 Å². The molecule has 2 aromatic rings. The molecule has 0 bridgehead atoms. The lowest BCUT2D eigenvalue weighted by molar-refractivity contribution is 0.0643. The molecule has 144 valence electrons. The number of carbonyl (C=O) groups excluding carboxylic acids is 1. The summed E-state index contributed by atoms with van der Waals surface area (Å²) in [5.74, 6) is 1.45. The van der Waals surface area contributed by atoms with Crippen LogP contribution in [0.15, 0.2) is 54.6 Å². The number of amides is 2. The van der Waals surface area contributed by atoms with Crippen molar-refractivity contribution in [2.24, 2.45) is 0 Å². The predicted molar refractivity (Wildman–Crippen MR) is 103 cm³/mol. The Morgan fingerprint density at radius 3 is 2.67 bits per heavy atom. The van der Waals surface area contributed by atoms with Crippen LogP contribution in [0.3, 0.4) is 0 Å². The molecule has 1 heterocycles. The molecule has 0 saturated heterocycles. The SMILES string of the molecule is CC(OCCCNC(=O)NCC1COc2ccccc2O1)c1ccccc1. The summed E-state index contributed by atoms with van der Waals surface area (Å²) in [5.41, 5.74) is 1.15. The first kappa shape index (κ1) is 19.0. The fourth-order valence-corrected chi connectivity index (χ4v) is 2.79. The number of ether oxygens (including phenoxy) is 3. The molecule has 2 amide bonds. The third kappa shape index (κ3) is 5.89. The normalized spacial score (nSPS) is 16.4. The van der Waals surface area contributed by atoms with Crippen LogP contribution < -0.4 is 20.1 Å². The molecule has 2 atom stereocenters. The Labute approximate surface area is 159 Å². The fraction of sp³-hybridized carbons (Fsp3) is 0.381. The van der Waals surface area contributed by atoms with Crippen molar-refractivity contribution < 1.29 is 19.0 Å². The van der Waals surface area contributed by atoms with Crippen molar-refractivity contribution in [3.8, 4) is 11.5 Å². The van der Waals surface area contributed by atoms with Crippen LogP contribution in [0.1, 0.15) is 25.0 Å². The molecule has 0 radical (unpaired) electrons. The van der Waals surface area contributed by atoms with Crippen molar-refractivity contribution in [3.05, 3.63) is 60.2 Å². The number of fused-ring (bicyclic) bond motifs is 1. The number of carbonyl (C=O) groups is 1. The molecule has 6 heteroatoms. The van der Waals surface area contributed by atoms with Crippen LogP contribution in [0.2, 0.25) is 0 Å². The third-order valence-electron chi connectivity index (χ3n) is 4.30. The van der Waals surface area contributed by atoms with E-state index in [-0.39, 0.29) is 18.2 Å². The minimum atomic E-state index is -0.214. The van der Waals surface area contributed by atoms with Gasteiger partial charge in [-0.1, -0.05) is 42.5 Å². The van der Waals surface area contributed by atoms with Crippen LogP contribution in [-0.4, -0.2) is 38.4 Å². The van der Waals surface area contributed by atoms with Gasteiger partial charge in [-0.05, 0) is 31.0 Å². The van der Waals surface area contributed by atoms with E-state index in [0.29, 0.717) is 32.1 Å². The zero-order valence-electron chi connectivity index (χ0n) is 15.5. The Morgan fingerprint density at radius 2 is 1.85 bits per heavy atom. The van der Waals surface area contributed by atoms with Crippen LogP contribution in [-0.2, 0) is 4.74 Å². The molecule has 0 aromatic heterocycles. The highest BCUT2D eigenvalue weighted by molar-refractivity contribution is 5.73. The molecule has 2 aromatic carbocycles. The molecule has 3 rings (SSSR count). The first-order chi connectivity index (χ1) is 13.2. The molecular weight excluding hydrogens is 344 g/mol. The second kappa shape index (κ2) is 9.83. The molecule has 27 heavy (non-hydrogen) atoms. The monoisotopic (exact) mass is 370 g/mol. The molecule has 2 unspecified atom stereocenters. The number of rotatable bonds is 8. The molecule has 1 aliphatic rings. The van der Waals surface area contributed by atoms with E-state index in [2.05, 4.69) is 10.6 Å². The summed E-state index contributed by atoms with van der Waals surface area (Å²) >= 11 is 0. The Balaban J connectivity index is 1.26. The third-order valence-corrected chi connectivity index (χ3v) is 4.30. The highest BCUT2D eigenvalue weighted by Crippen LogP contribution is 2.30. The molecule has 0 fully saturated rings. The number of hydrogen-bond donors (Lipinski definition) is 2. The van der Waals surface area contributed by atoms with E-state index in [1.165, 1.54) is 0 Å². The maximum atomic E-state index is 11.9. The summed E-state index contributed by atoms with van der Waals surface area (Å²) in [6.45, 7) is 3.98. The molecule has 0 spiro atoms. The van der Waals surface area contributed by atoms with E-state index in [1.54, 1.807) is 0 Å². The zero-order chi connectivity index (χ0) is 18.9. The zero-order valence-corrected chi connectivity index (χ0v) is 15.5. The maximum Gasteiger partial charge on any atom is 0.314 e. The summed E-state index contributed by atoms with van der Waals surface area (Å²) in [6, 6.07) is 17.4. The van der Waals surface area contributed by atoms with Crippen molar-refractivity contribution in [1.82, 2.24) is 10.6 Å². The van der Waals surface area contributed by atoms with Crippen LogP contribution in [0.25, 0.3) is 0 Å². The Kier molecular flexibility index (Phi) is 6.93. The van der Waals surface area contributed by atoms with E-state index in [9.17, 15) is 4.79 Å². The Morgan fingerprint density at radius 1 is 1.11 bits per heavy atom. The predicted octanol–water partition coefficient (Wildman–Crippen LogP) is 3.29. The van der Waals surface area contributed by atoms with E-state index < -0.39 is 0 Å². The van der Waals surface area contributed by atoms with Gasteiger partial charge in [0, 0.05) is 13.2 Å². The second-order valence-corrected chi connectivity index (χ2v) is 6.41. The summed E-state index contributed by atoms with van der Waals surface area (Å²) < 4.78 is 17.2. The van der Waals surface area contributed by atoms with Gasteiger partial charge in [-0.3, -0.25) is 0 Å². The van der Waals surface area contributed by atoms with E-state index in [4.69, 9.17) is 14.2 Å². The van der Waals surface area contributed by atoms with Crippen LogP contribution in [0.5, 0.6) is 11.5 Å². The molecule has 2 N–H and O–H groups in total. The molecule has 0 saturated carbocycles. The Bertz CT molecular complexity index is 723. The fourth-order valence-electron chi connectivity index (χ4n) is 2.79. The van der Waals surface area contributed by atoms with Gasteiger partial charge in [0.25, 0.3) is 0 Å². The van der Waals surface area contributed by atoms with E-state index >= 15 is 0 Å². The van der Waals surface area contributed by atoms with Gasteiger partial charge in [0.05, 0.1) is 12.6 Å². The lowest BCUT2D eigenvalue weighted by atomic mass is 10.1. The maximum absolute atomic E-state index is 11.9. The highest BCUT2D eigenvalue weighted by Gasteiger charge is 2.20. The van der Waals surface area contributed by atoms with E-state index in [1.807, 2.05) is 61.5 Å². The van der Waals surface area contributed by atoms with Gasteiger partial charge >= 0.3 is 6.03 Å². The van der Waals surface area contributed by atoms with Crippen LogP contribution in [0, 0.1) is 0 Å². The number of nitrogens with one attached hydrogen (secondary N) is 2. The first-order valence-corrected chi connectivity index (χ1v) is 9.29. The lowest BCUT2D eigenvalue weighted by Gasteiger charge is -2.26. The van der Waals surface area contributed by atoms with E-state index in [0.717, 1.165) is 17.7 Å². The second-order valence-electron chi connectivity index (χ2n) is 6.41. The quantitative estimate of drug-likeness (QED) is 0.700.